The average molecular weight is 342 g/mol. The molecule has 2 amide bonds. The molecule has 25 heavy (non-hydrogen) atoms. The number of hydrogen-bond donors (Lipinski definition) is 3. The molecule has 8 heteroatoms. The predicted molar refractivity (Wildman–Crippen MR) is 88.9 cm³/mol. The van der Waals surface area contributed by atoms with Gasteiger partial charge >= 0.3 is 5.97 Å². The van der Waals surface area contributed by atoms with E-state index >= 15 is 0 Å². The zero-order valence-corrected chi connectivity index (χ0v) is 13.4. The maximum Gasteiger partial charge on any atom is 0.326 e. The summed E-state index contributed by atoms with van der Waals surface area (Å²) in [6.45, 7) is 0.292. The fourth-order valence-electron chi connectivity index (χ4n) is 2.10. The molecule has 0 aliphatic rings. The van der Waals surface area contributed by atoms with Gasteiger partial charge in [0, 0.05) is 31.3 Å². The summed E-state index contributed by atoms with van der Waals surface area (Å²) < 4.78 is 0. The highest BCUT2D eigenvalue weighted by atomic mass is 16.4. The van der Waals surface area contributed by atoms with Gasteiger partial charge in [0.15, 0.2) is 0 Å². The molecular weight excluding hydrogens is 324 g/mol. The van der Waals surface area contributed by atoms with E-state index in [-0.39, 0.29) is 12.3 Å². The smallest absolute Gasteiger partial charge is 0.326 e. The van der Waals surface area contributed by atoms with Crippen LogP contribution in [-0.2, 0) is 4.79 Å². The first-order valence-corrected chi connectivity index (χ1v) is 7.70. The minimum Gasteiger partial charge on any atom is -0.480 e. The van der Waals surface area contributed by atoms with E-state index in [4.69, 9.17) is 0 Å². The summed E-state index contributed by atoms with van der Waals surface area (Å²) in [6.07, 6.45) is 6.49. The van der Waals surface area contributed by atoms with E-state index in [1.165, 1.54) is 18.6 Å². The van der Waals surface area contributed by atoms with Crippen LogP contribution in [0, 0.1) is 0 Å². The van der Waals surface area contributed by atoms with E-state index in [9.17, 15) is 19.5 Å². The summed E-state index contributed by atoms with van der Waals surface area (Å²) in [4.78, 5) is 42.8. The third kappa shape index (κ3) is 5.69. The third-order valence-electron chi connectivity index (χ3n) is 3.41. The van der Waals surface area contributed by atoms with E-state index in [1.807, 2.05) is 0 Å². The van der Waals surface area contributed by atoms with Crippen molar-refractivity contribution in [3.63, 3.8) is 0 Å². The lowest BCUT2D eigenvalue weighted by atomic mass is 10.1. The zero-order chi connectivity index (χ0) is 18.1. The van der Waals surface area contributed by atoms with Crippen LogP contribution in [0.5, 0.6) is 0 Å². The number of carboxylic acid groups (broad SMARTS) is 1. The van der Waals surface area contributed by atoms with Crippen molar-refractivity contribution in [2.75, 3.05) is 6.54 Å². The minimum atomic E-state index is -1.13. The van der Waals surface area contributed by atoms with Crippen molar-refractivity contribution in [1.29, 1.82) is 0 Å². The molecule has 0 saturated heterocycles. The predicted octanol–water partition coefficient (Wildman–Crippen LogP) is 0.870. The van der Waals surface area contributed by atoms with Gasteiger partial charge in [-0.3, -0.25) is 19.6 Å². The van der Waals surface area contributed by atoms with E-state index < -0.39 is 17.9 Å². The van der Waals surface area contributed by atoms with E-state index in [0.717, 1.165) is 0 Å². The molecule has 0 saturated carbocycles. The Morgan fingerprint density at radius 1 is 1.00 bits per heavy atom. The number of carbonyl (C=O) groups excluding carboxylic acids is 2. The number of nitrogens with zero attached hydrogens (tertiary/aromatic N) is 2. The second kappa shape index (κ2) is 9.11. The topological polar surface area (TPSA) is 121 Å². The van der Waals surface area contributed by atoms with Crippen molar-refractivity contribution in [3.05, 3.63) is 60.2 Å². The molecule has 130 valence electrons. The highest BCUT2D eigenvalue weighted by Crippen LogP contribution is 2.02. The largest absolute Gasteiger partial charge is 0.480 e. The molecule has 3 N–H and O–H groups in total. The van der Waals surface area contributed by atoms with Crippen molar-refractivity contribution < 1.29 is 19.5 Å². The van der Waals surface area contributed by atoms with Crippen LogP contribution in [0.2, 0.25) is 0 Å². The number of carboxylic acids is 1. The summed E-state index contributed by atoms with van der Waals surface area (Å²) in [7, 11) is 0. The van der Waals surface area contributed by atoms with Gasteiger partial charge in [0.25, 0.3) is 11.8 Å². The lowest BCUT2D eigenvalue weighted by Crippen LogP contribution is -2.41. The molecule has 8 nitrogen and oxygen atoms in total. The quantitative estimate of drug-likeness (QED) is 0.612. The molecule has 1 unspecified atom stereocenters. The van der Waals surface area contributed by atoms with Crippen LogP contribution in [0.3, 0.4) is 0 Å². The molecule has 0 aromatic carbocycles. The van der Waals surface area contributed by atoms with E-state index in [2.05, 4.69) is 20.6 Å². The normalized spacial score (nSPS) is 11.4. The minimum absolute atomic E-state index is 0.189. The Balaban J connectivity index is 1.79. The van der Waals surface area contributed by atoms with Crippen molar-refractivity contribution >= 4 is 17.8 Å². The Morgan fingerprint density at radius 3 is 2.12 bits per heavy atom. The highest BCUT2D eigenvalue weighted by molar-refractivity contribution is 5.96. The van der Waals surface area contributed by atoms with Gasteiger partial charge in [0.05, 0.1) is 11.1 Å². The number of hydrogen-bond acceptors (Lipinski definition) is 5. The van der Waals surface area contributed by atoms with Gasteiger partial charge in [-0.15, -0.1) is 0 Å². The molecule has 1 atom stereocenters. The number of nitrogens with one attached hydrogen (secondary N) is 2. The lowest BCUT2D eigenvalue weighted by Gasteiger charge is -2.14. The first-order chi connectivity index (χ1) is 12.1. The van der Waals surface area contributed by atoms with Gasteiger partial charge in [-0.25, -0.2) is 4.79 Å². The van der Waals surface area contributed by atoms with Crippen molar-refractivity contribution in [2.45, 2.75) is 18.9 Å². The van der Waals surface area contributed by atoms with Gasteiger partial charge in [-0.1, -0.05) is 0 Å². The lowest BCUT2D eigenvalue weighted by molar-refractivity contribution is -0.139. The zero-order valence-electron chi connectivity index (χ0n) is 13.4. The Morgan fingerprint density at radius 2 is 1.60 bits per heavy atom. The molecule has 0 spiro atoms. The Hall–Kier alpha value is -3.29. The fraction of sp³-hybridized carbons (Fsp3) is 0.235. The van der Waals surface area contributed by atoms with E-state index in [1.54, 1.807) is 30.5 Å². The van der Waals surface area contributed by atoms with Crippen LogP contribution in [0.1, 0.15) is 33.6 Å². The summed E-state index contributed by atoms with van der Waals surface area (Å²) in [6, 6.07) is 5.40. The number of aromatic nitrogens is 2. The first kappa shape index (κ1) is 18.1. The molecule has 0 fully saturated rings. The van der Waals surface area contributed by atoms with Crippen LogP contribution >= 0.6 is 0 Å². The summed E-state index contributed by atoms with van der Waals surface area (Å²) in [5.41, 5.74) is 0.723. The summed E-state index contributed by atoms with van der Waals surface area (Å²) in [5.74, 6) is -1.91. The third-order valence-corrected chi connectivity index (χ3v) is 3.41. The number of aliphatic carboxylic acids is 1. The van der Waals surface area contributed by atoms with Crippen LogP contribution in [0.15, 0.2) is 49.1 Å². The number of pyridine rings is 2. The van der Waals surface area contributed by atoms with Crippen molar-refractivity contribution in [2.24, 2.45) is 0 Å². The molecule has 2 aromatic heterocycles. The average Bonchev–Trinajstić information content (AvgIpc) is 2.65. The molecular formula is C17H18N4O4. The Kier molecular flexibility index (Phi) is 6.58. The fourth-order valence-corrected chi connectivity index (χ4v) is 2.10. The summed E-state index contributed by atoms with van der Waals surface area (Å²) >= 11 is 0. The van der Waals surface area contributed by atoms with Crippen LogP contribution in [0.25, 0.3) is 0 Å². The van der Waals surface area contributed by atoms with E-state index in [0.29, 0.717) is 24.1 Å². The Labute approximate surface area is 144 Å². The maximum absolute atomic E-state index is 12.0. The SMILES string of the molecule is O=C(NCCCC(NC(=O)c1cccnc1)C(=O)O)c1cccnc1. The number of carbonyl (C=O) groups is 3. The number of amides is 2. The first-order valence-electron chi connectivity index (χ1n) is 7.70. The molecule has 2 heterocycles. The number of rotatable bonds is 8. The van der Waals surface area contributed by atoms with Gasteiger partial charge in [-0.2, -0.15) is 0 Å². The molecule has 0 aliphatic carbocycles. The molecule has 2 aromatic rings. The van der Waals surface area contributed by atoms with Crippen molar-refractivity contribution in [1.82, 2.24) is 20.6 Å². The second-order valence-corrected chi connectivity index (χ2v) is 5.25. The standard InChI is InChI=1S/C17H18N4O4/c22-15(12-4-1-7-18-10-12)20-9-3-6-14(17(24)25)21-16(23)13-5-2-8-19-11-13/h1-2,4-5,7-8,10-11,14H,3,6,9H2,(H,20,22)(H,21,23)(H,24,25). The maximum atomic E-state index is 12.0. The Bertz CT molecular complexity index is 722. The second-order valence-electron chi connectivity index (χ2n) is 5.25. The van der Waals surface area contributed by atoms with Gasteiger partial charge < -0.3 is 15.7 Å². The monoisotopic (exact) mass is 342 g/mol. The van der Waals surface area contributed by atoms with Gasteiger partial charge in [0.1, 0.15) is 6.04 Å². The van der Waals surface area contributed by atoms with Gasteiger partial charge in [0.2, 0.25) is 0 Å². The molecule has 0 aliphatic heterocycles. The summed E-state index contributed by atoms with van der Waals surface area (Å²) in [5, 5.41) is 14.4. The van der Waals surface area contributed by atoms with Gasteiger partial charge in [-0.05, 0) is 37.1 Å². The van der Waals surface area contributed by atoms with Crippen LogP contribution < -0.4 is 10.6 Å². The van der Waals surface area contributed by atoms with Crippen LogP contribution in [0.4, 0.5) is 0 Å². The highest BCUT2D eigenvalue weighted by Gasteiger charge is 2.20. The molecule has 0 radical (unpaired) electrons. The molecule has 2 rings (SSSR count). The van der Waals surface area contributed by atoms with Crippen LogP contribution in [-0.4, -0.2) is 45.4 Å². The van der Waals surface area contributed by atoms with Crippen molar-refractivity contribution in [3.8, 4) is 0 Å². The molecule has 0 bridgehead atoms.